The van der Waals surface area contributed by atoms with Crippen LogP contribution in [-0.4, -0.2) is 6.04 Å². The molecule has 0 amide bonds. The predicted molar refractivity (Wildman–Crippen MR) is 33.4 cm³/mol. The van der Waals surface area contributed by atoms with Crippen LogP contribution in [0.15, 0.2) is 0 Å². The largest absolute Gasteiger partial charge is 0.327 e. The summed E-state index contributed by atoms with van der Waals surface area (Å²) in [6.07, 6.45) is 2.72. The lowest BCUT2D eigenvalue weighted by atomic mass is 10.1. The van der Waals surface area contributed by atoms with E-state index in [0.29, 0.717) is 6.04 Å². The fourth-order valence-corrected chi connectivity index (χ4v) is 2.16. The first-order valence-corrected chi connectivity index (χ1v) is 3.54. The Labute approximate surface area is 50.3 Å². The summed E-state index contributed by atoms with van der Waals surface area (Å²) in [5, 5.41) is 0. The van der Waals surface area contributed by atoms with Crippen molar-refractivity contribution in [1.82, 2.24) is 0 Å². The van der Waals surface area contributed by atoms with Gasteiger partial charge in [0.05, 0.1) is 0 Å². The van der Waals surface area contributed by atoms with Crippen LogP contribution in [0.5, 0.6) is 0 Å². The molecule has 0 aromatic carbocycles. The first kappa shape index (κ1) is 4.80. The molecular weight excluding hydrogens is 98.1 g/mol. The van der Waals surface area contributed by atoms with E-state index in [2.05, 4.69) is 6.92 Å². The fourth-order valence-electron chi connectivity index (χ4n) is 2.16. The van der Waals surface area contributed by atoms with Gasteiger partial charge in [0.15, 0.2) is 0 Å². The zero-order chi connectivity index (χ0) is 5.72. The molecule has 0 saturated heterocycles. The average molecular weight is 111 g/mol. The van der Waals surface area contributed by atoms with E-state index in [4.69, 9.17) is 5.73 Å². The third kappa shape index (κ3) is 0.455. The van der Waals surface area contributed by atoms with Crippen molar-refractivity contribution < 1.29 is 0 Å². The van der Waals surface area contributed by atoms with Crippen molar-refractivity contribution in [3.8, 4) is 0 Å². The molecule has 2 aliphatic carbocycles. The molecule has 2 aliphatic rings. The van der Waals surface area contributed by atoms with Crippen LogP contribution in [0.25, 0.3) is 0 Å². The molecule has 2 N–H and O–H groups in total. The van der Waals surface area contributed by atoms with E-state index >= 15 is 0 Å². The molecule has 1 nitrogen and oxygen atoms in total. The summed E-state index contributed by atoms with van der Waals surface area (Å²) in [5.74, 6) is 2.91. The number of hydrogen-bond donors (Lipinski definition) is 1. The zero-order valence-corrected chi connectivity index (χ0v) is 5.30. The molecule has 0 unspecified atom stereocenters. The van der Waals surface area contributed by atoms with E-state index in [1.54, 1.807) is 0 Å². The Kier molecular flexibility index (Phi) is 0.762. The van der Waals surface area contributed by atoms with Gasteiger partial charge in [0.2, 0.25) is 0 Å². The molecule has 8 heavy (non-hydrogen) atoms. The van der Waals surface area contributed by atoms with E-state index in [-0.39, 0.29) is 0 Å². The highest BCUT2D eigenvalue weighted by molar-refractivity contribution is 5.03. The van der Waals surface area contributed by atoms with E-state index in [0.717, 1.165) is 17.8 Å². The Morgan fingerprint density at radius 2 is 2.00 bits per heavy atom. The number of nitrogens with two attached hydrogens (primary N) is 1. The molecule has 2 rings (SSSR count). The second-order valence-electron chi connectivity index (χ2n) is 3.44. The predicted octanol–water partition coefficient (Wildman–Crippen LogP) is 0.990. The normalized spacial score (nSPS) is 60.8. The van der Waals surface area contributed by atoms with Crippen LogP contribution in [-0.2, 0) is 0 Å². The lowest BCUT2D eigenvalue weighted by molar-refractivity contribution is 0.503. The maximum atomic E-state index is 5.81. The van der Waals surface area contributed by atoms with Crippen LogP contribution in [0.2, 0.25) is 0 Å². The van der Waals surface area contributed by atoms with E-state index < -0.39 is 0 Å². The van der Waals surface area contributed by atoms with Gasteiger partial charge >= 0.3 is 0 Å². The molecule has 2 saturated carbocycles. The van der Waals surface area contributed by atoms with E-state index in [1.165, 1.54) is 12.8 Å². The van der Waals surface area contributed by atoms with Gasteiger partial charge < -0.3 is 5.73 Å². The minimum atomic E-state index is 0.565. The summed E-state index contributed by atoms with van der Waals surface area (Å²) in [5.41, 5.74) is 5.81. The SMILES string of the molecule is C[C@@H]1C[C@@H](N)[C@@H]2C[C@@H]21. The van der Waals surface area contributed by atoms with Crippen molar-refractivity contribution in [3.05, 3.63) is 0 Å². The first-order valence-electron chi connectivity index (χ1n) is 3.54. The molecular formula is C7H13N. The lowest BCUT2D eigenvalue weighted by Gasteiger charge is -2.05. The smallest absolute Gasteiger partial charge is 0.00726 e. The van der Waals surface area contributed by atoms with Crippen LogP contribution in [0.4, 0.5) is 0 Å². The van der Waals surface area contributed by atoms with Gasteiger partial charge in [-0.15, -0.1) is 0 Å². The van der Waals surface area contributed by atoms with Crippen LogP contribution >= 0.6 is 0 Å². The molecule has 2 fully saturated rings. The van der Waals surface area contributed by atoms with Crippen molar-refractivity contribution in [2.45, 2.75) is 25.8 Å². The van der Waals surface area contributed by atoms with Crippen molar-refractivity contribution >= 4 is 0 Å². The second-order valence-corrected chi connectivity index (χ2v) is 3.44. The van der Waals surface area contributed by atoms with Crippen molar-refractivity contribution in [2.75, 3.05) is 0 Å². The Hall–Kier alpha value is -0.0400. The Bertz CT molecular complexity index is 95.0. The van der Waals surface area contributed by atoms with Gasteiger partial charge in [0.25, 0.3) is 0 Å². The highest BCUT2D eigenvalue weighted by Crippen LogP contribution is 2.54. The molecule has 46 valence electrons. The minimum Gasteiger partial charge on any atom is -0.327 e. The van der Waals surface area contributed by atoms with Gasteiger partial charge in [-0.25, -0.2) is 0 Å². The number of hydrogen-bond acceptors (Lipinski definition) is 1. The van der Waals surface area contributed by atoms with E-state index in [9.17, 15) is 0 Å². The maximum Gasteiger partial charge on any atom is 0.00726 e. The Morgan fingerprint density at radius 1 is 1.25 bits per heavy atom. The van der Waals surface area contributed by atoms with Gasteiger partial charge in [-0.3, -0.25) is 0 Å². The number of fused-ring (bicyclic) bond motifs is 1. The van der Waals surface area contributed by atoms with E-state index in [1.807, 2.05) is 0 Å². The van der Waals surface area contributed by atoms with Gasteiger partial charge in [-0.1, -0.05) is 6.92 Å². The quantitative estimate of drug-likeness (QED) is 0.495. The number of rotatable bonds is 0. The summed E-state index contributed by atoms with van der Waals surface area (Å²) in [6.45, 7) is 2.33. The molecule has 1 heteroatoms. The topological polar surface area (TPSA) is 26.0 Å². The summed E-state index contributed by atoms with van der Waals surface area (Å²) in [6, 6.07) is 0.565. The summed E-state index contributed by atoms with van der Waals surface area (Å²) in [4.78, 5) is 0. The maximum absolute atomic E-state index is 5.81. The van der Waals surface area contributed by atoms with Crippen molar-refractivity contribution in [1.29, 1.82) is 0 Å². The Morgan fingerprint density at radius 3 is 2.12 bits per heavy atom. The molecule has 0 aromatic heterocycles. The monoisotopic (exact) mass is 111 g/mol. The van der Waals surface area contributed by atoms with Crippen molar-refractivity contribution in [3.63, 3.8) is 0 Å². The van der Waals surface area contributed by atoms with Crippen LogP contribution in [0.1, 0.15) is 19.8 Å². The van der Waals surface area contributed by atoms with Crippen molar-refractivity contribution in [2.24, 2.45) is 23.5 Å². The highest BCUT2D eigenvalue weighted by atomic mass is 14.8. The molecule has 0 aliphatic heterocycles. The summed E-state index contributed by atoms with van der Waals surface area (Å²) in [7, 11) is 0. The van der Waals surface area contributed by atoms with Crippen LogP contribution in [0.3, 0.4) is 0 Å². The standard InChI is InChI=1S/C7H13N/c1-4-2-7(8)6-3-5(4)6/h4-7H,2-3,8H2,1H3/t4-,5-,6-,7-/m1/s1. The van der Waals surface area contributed by atoms with Gasteiger partial charge in [-0.05, 0) is 30.6 Å². The van der Waals surface area contributed by atoms with Gasteiger partial charge in [0, 0.05) is 6.04 Å². The van der Waals surface area contributed by atoms with Crippen LogP contribution < -0.4 is 5.73 Å². The molecule has 0 spiro atoms. The third-order valence-electron chi connectivity index (χ3n) is 2.82. The van der Waals surface area contributed by atoms with Gasteiger partial charge in [0.1, 0.15) is 0 Å². The fraction of sp³-hybridized carbons (Fsp3) is 1.00. The summed E-state index contributed by atoms with van der Waals surface area (Å²) < 4.78 is 0. The minimum absolute atomic E-state index is 0.565. The highest BCUT2D eigenvalue weighted by Gasteiger charge is 2.50. The first-order chi connectivity index (χ1) is 3.79. The molecule has 0 heterocycles. The second kappa shape index (κ2) is 1.27. The van der Waals surface area contributed by atoms with Gasteiger partial charge in [-0.2, -0.15) is 0 Å². The molecule has 4 atom stereocenters. The molecule has 0 bridgehead atoms. The summed E-state index contributed by atoms with van der Waals surface area (Å²) >= 11 is 0. The Balaban J connectivity index is 2.09. The zero-order valence-electron chi connectivity index (χ0n) is 5.30. The van der Waals surface area contributed by atoms with Crippen LogP contribution in [0, 0.1) is 17.8 Å². The lowest BCUT2D eigenvalue weighted by Crippen LogP contribution is -2.19. The average Bonchev–Trinajstić information content (AvgIpc) is 2.35. The molecule has 0 radical (unpaired) electrons. The molecule has 0 aromatic rings. The third-order valence-corrected chi connectivity index (χ3v) is 2.82.